The topological polar surface area (TPSA) is 95.5 Å². The van der Waals surface area contributed by atoms with Gasteiger partial charge in [-0.2, -0.15) is 0 Å². The second-order valence-electron chi connectivity index (χ2n) is 3.84. The maximum Gasteiger partial charge on any atom is 0.330 e. The Bertz CT molecular complexity index is 438. The van der Waals surface area contributed by atoms with E-state index < -0.39 is 5.97 Å². The zero-order valence-corrected chi connectivity index (χ0v) is 11.6. The predicted octanol–water partition coefficient (Wildman–Crippen LogP) is 0.785. The van der Waals surface area contributed by atoms with E-state index in [-0.39, 0.29) is 5.97 Å². The van der Waals surface area contributed by atoms with Crippen LogP contribution in [0.3, 0.4) is 0 Å². The van der Waals surface area contributed by atoms with Crippen molar-refractivity contribution in [3.63, 3.8) is 0 Å². The van der Waals surface area contributed by atoms with Crippen molar-refractivity contribution >= 4 is 18.0 Å². The van der Waals surface area contributed by atoms with Gasteiger partial charge in [0.15, 0.2) is 0 Å². The Morgan fingerprint density at radius 3 is 2.70 bits per heavy atom. The maximum absolute atomic E-state index is 10.4. The van der Waals surface area contributed by atoms with E-state index in [4.69, 9.17) is 9.84 Å². The Morgan fingerprint density at radius 2 is 2.25 bits per heavy atom. The van der Waals surface area contributed by atoms with E-state index in [1.54, 1.807) is 6.20 Å². The lowest BCUT2D eigenvalue weighted by atomic mass is 10.4. The number of aromatic amines is 1. The van der Waals surface area contributed by atoms with Crippen LogP contribution in [0.4, 0.5) is 0 Å². The molecule has 0 unspecified atom stereocenters. The summed E-state index contributed by atoms with van der Waals surface area (Å²) in [4.78, 5) is 28.8. The highest BCUT2D eigenvalue weighted by molar-refractivity contribution is 5.84. The molecule has 0 saturated carbocycles. The third-order valence-electron chi connectivity index (χ3n) is 1.87. The van der Waals surface area contributed by atoms with Crippen molar-refractivity contribution in [3.8, 4) is 0 Å². The Hall–Kier alpha value is -2.41. The monoisotopic (exact) mass is 281 g/mol. The van der Waals surface area contributed by atoms with E-state index in [2.05, 4.69) is 16.5 Å². The number of ether oxygens (including phenoxy) is 1. The molecule has 1 rings (SSSR count). The van der Waals surface area contributed by atoms with Crippen LogP contribution in [0.15, 0.2) is 31.3 Å². The fraction of sp³-hybridized carbons (Fsp3) is 0.308. The molecule has 0 aliphatic carbocycles. The molecule has 0 aliphatic heterocycles. The highest BCUT2D eigenvalue weighted by Crippen LogP contribution is 1.92. The van der Waals surface area contributed by atoms with Crippen LogP contribution in [0.5, 0.6) is 0 Å². The van der Waals surface area contributed by atoms with Crippen molar-refractivity contribution in [2.24, 2.45) is 0 Å². The van der Waals surface area contributed by atoms with Gasteiger partial charge in [-0.1, -0.05) is 6.58 Å². The van der Waals surface area contributed by atoms with E-state index in [0.717, 1.165) is 18.7 Å². The first-order valence-corrected chi connectivity index (χ1v) is 5.79. The zero-order valence-electron chi connectivity index (χ0n) is 11.6. The summed E-state index contributed by atoms with van der Waals surface area (Å²) in [7, 11) is 3.84. The lowest BCUT2D eigenvalue weighted by Crippen LogP contribution is -2.19. The van der Waals surface area contributed by atoms with Crippen molar-refractivity contribution in [2.45, 2.75) is 0 Å². The van der Waals surface area contributed by atoms with Crippen LogP contribution in [0.1, 0.15) is 5.69 Å². The Labute approximate surface area is 117 Å². The van der Waals surface area contributed by atoms with Gasteiger partial charge in [0.25, 0.3) is 0 Å². The minimum atomic E-state index is -0.969. The van der Waals surface area contributed by atoms with Gasteiger partial charge >= 0.3 is 11.9 Å². The van der Waals surface area contributed by atoms with E-state index >= 15 is 0 Å². The quantitative estimate of drug-likeness (QED) is 0.591. The maximum atomic E-state index is 10.4. The van der Waals surface area contributed by atoms with Crippen LogP contribution < -0.4 is 0 Å². The fourth-order valence-electron chi connectivity index (χ4n) is 0.907. The molecule has 0 aromatic carbocycles. The molecule has 0 spiro atoms. The molecule has 0 atom stereocenters. The number of carbonyl (C=O) groups excluding carboxylic acids is 1. The largest absolute Gasteiger partial charge is 0.478 e. The van der Waals surface area contributed by atoms with Gasteiger partial charge in [0, 0.05) is 24.9 Å². The predicted molar refractivity (Wildman–Crippen MR) is 75.0 cm³/mol. The average molecular weight is 281 g/mol. The summed E-state index contributed by atoms with van der Waals surface area (Å²) in [6.45, 7) is 4.45. The number of carboxylic acids is 1. The molecule has 2 N–H and O–H groups in total. The van der Waals surface area contributed by atoms with Gasteiger partial charge in [-0.25, -0.2) is 14.6 Å². The molecule has 0 aliphatic rings. The summed E-state index contributed by atoms with van der Waals surface area (Å²) in [6, 6.07) is 0. The Balaban J connectivity index is 0.000000361. The molecule has 7 heteroatoms. The average Bonchev–Trinajstić information content (AvgIpc) is 2.89. The highest BCUT2D eigenvalue weighted by atomic mass is 16.5. The molecule has 7 nitrogen and oxygen atoms in total. The molecular weight excluding hydrogens is 262 g/mol. The van der Waals surface area contributed by atoms with Gasteiger partial charge in [-0.05, 0) is 20.2 Å². The molecule has 1 aromatic heterocycles. The third kappa shape index (κ3) is 10.7. The Kier molecular flexibility index (Phi) is 9.24. The van der Waals surface area contributed by atoms with Crippen LogP contribution in [0.2, 0.25) is 0 Å². The third-order valence-corrected chi connectivity index (χ3v) is 1.87. The van der Waals surface area contributed by atoms with E-state index in [9.17, 15) is 9.59 Å². The number of aromatic nitrogens is 2. The first kappa shape index (κ1) is 17.6. The number of H-pyrrole nitrogens is 1. The molecular formula is C13H19N3O4. The summed E-state index contributed by atoms with van der Waals surface area (Å²) >= 11 is 0. The number of carbonyl (C=O) groups is 2. The number of rotatable bonds is 6. The number of imidazole rings is 1. The summed E-state index contributed by atoms with van der Waals surface area (Å²) in [5, 5.41) is 8.19. The standard InChI is InChI=1S/C7H13NO2.C6H6N2O2/c1-4-7(9)10-6-5-8(2)3;9-6(10)2-1-5-3-7-4-8-5/h4H,1,5-6H2,2-3H3;1-4H,(H,7,8)(H,9,10). The lowest BCUT2D eigenvalue weighted by Gasteiger charge is -2.07. The number of likely N-dealkylation sites (N-methyl/N-ethyl adjacent to an activating group) is 1. The van der Waals surface area contributed by atoms with Crippen molar-refractivity contribution in [1.82, 2.24) is 14.9 Å². The molecule has 110 valence electrons. The molecule has 20 heavy (non-hydrogen) atoms. The van der Waals surface area contributed by atoms with Gasteiger partial charge in [0.1, 0.15) is 6.61 Å². The van der Waals surface area contributed by atoms with Crippen LogP contribution in [0.25, 0.3) is 6.08 Å². The molecule has 0 saturated heterocycles. The van der Waals surface area contributed by atoms with Crippen molar-refractivity contribution in [1.29, 1.82) is 0 Å². The number of hydrogen-bond donors (Lipinski definition) is 2. The zero-order chi connectivity index (χ0) is 15.4. The number of aliphatic carboxylic acids is 1. The first-order chi connectivity index (χ1) is 9.45. The lowest BCUT2D eigenvalue weighted by molar-refractivity contribution is -0.138. The summed E-state index contributed by atoms with van der Waals surface area (Å²) in [5.41, 5.74) is 0.613. The second kappa shape index (κ2) is 10.5. The summed E-state index contributed by atoms with van der Waals surface area (Å²) in [5.74, 6) is -1.33. The van der Waals surface area contributed by atoms with Gasteiger partial charge in [0.05, 0.1) is 12.0 Å². The fourth-order valence-corrected chi connectivity index (χ4v) is 0.907. The van der Waals surface area contributed by atoms with Gasteiger partial charge in [0.2, 0.25) is 0 Å². The molecule has 1 aromatic rings. The first-order valence-electron chi connectivity index (χ1n) is 5.79. The Morgan fingerprint density at radius 1 is 1.55 bits per heavy atom. The summed E-state index contributed by atoms with van der Waals surface area (Å²) < 4.78 is 4.70. The minimum absolute atomic E-state index is 0.359. The molecule has 0 bridgehead atoms. The van der Waals surface area contributed by atoms with Crippen LogP contribution >= 0.6 is 0 Å². The number of carboxylic acid groups (broad SMARTS) is 1. The molecule has 0 fully saturated rings. The molecule has 0 radical (unpaired) electrons. The van der Waals surface area contributed by atoms with E-state index in [1.807, 2.05) is 19.0 Å². The van der Waals surface area contributed by atoms with Gasteiger partial charge < -0.3 is 19.7 Å². The number of hydrogen-bond acceptors (Lipinski definition) is 5. The molecule has 0 amide bonds. The second-order valence-corrected chi connectivity index (χ2v) is 3.84. The van der Waals surface area contributed by atoms with Crippen LogP contribution in [0, 0.1) is 0 Å². The van der Waals surface area contributed by atoms with Crippen LogP contribution in [-0.4, -0.2) is 59.2 Å². The normalized spacial score (nSPS) is 9.95. The van der Waals surface area contributed by atoms with Crippen LogP contribution in [-0.2, 0) is 14.3 Å². The molecule has 1 heterocycles. The van der Waals surface area contributed by atoms with E-state index in [1.165, 1.54) is 12.4 Å². The van der Waals surface area contributed by atoms with Crippen molar-refractivity contribution < 1.29 is 19.4 Å². The highest BCUT2D eigenvalue weighted by Gasteiger charge is 1.94. The van der Waals surface area contributed by atoms with Crippen molar-refractivity contribution in [3.05, 3.63) is 36.9 Å². The SMILES string of the molecule is C=CC(=O)OCCN(C)C.O=C(O)C=Cc1c[nH]cn1. The van der Waals surface area contributed by atoms with Crippen molar-refractivity contribution in [2.75, 3.05) is 27.2 Å². The number of esters is 1. The van der Waals surface area contributed by atoms with Gasteiger partial charge in [-0.3, -0.25) is 0 Å². The number of nitrogens with one attached hydrogen (secondary N) is 1. The summed E-state index contributed by atoms with van der Waals surface area (Å²) in [6.07, 6.45) is 6.71. The number of nitrogens with zero attached hydrogens (tertiary/aromatic N) is 2. The van der Waals surface area contributed by atoms with Gasteiger partial charge in [-0.15, -0.1) is 0 Å². The smallest absolute Gasteiger partial charge is 0.330 e. The minimum Gasteiger partial charge on any atom is -0.478 e. The van der Waals surface area contributed by atoms with E-state index in [0.29, 0.717) is 12.3 Å².